The number of carbonyl (C=O) groups is 2. The van der Waals surface area contributed by atoms with Crippen LogP contribution in [-0.4, -0.2) is 57.1 Å². The van der Waals surface area contributed by atoms with Crippen LogP contribution in [0, 0.1) is 0 Å². The molecule has 1 aliphatic heterocycles. The second-order valence-corrected chi connectivity index (χ2v) is 4.77. The normalized spacial score (nSPS) is 22.4. The number of carbonyl (C=O) groups excluding carboxylic acids is 2. The van der Waals surface area contributed by atoms with E-state index >= 15 is 0 Å². The van der Waals surface area contributed by atoms with E-state index in [-0.39, 0.29) is 23.9 Å². The number of β-amino-alcohol motifs (C(OH)–C–C–N with tert-alkyl or cyclic N) is 1. The van der Waals surface area contributed by atoms with Crippen LogP contribution in [0.5, 0.6) is 5.75 Å². The number of amides is 2. The summed E-state index contributed by atoms with van der Waals surface area (Å²) < 4.78 is 0. The second-order valence-electron chi connectivity index (χ2n) is 4.77. The van der Waals surface area contributed by atoms with Gasteiger partial charge in [-0.2, -0.15) is 0 Å². The van der Waals surface area contributed by atoms with Crippen LogP contribution in [0.15, 0.2) is 18.3 Å². The zero-order chi connectivity index (χ0) is 14.7. The first-order valence-electron chi connectivity index (χ1n) is 6.37. The number of hydrogen-bond donors (Lipinski definition) is 3. The Labute approximate surface area is 116 Å². The van der Waals surface area contributed by atoms with Gasteiger partial charge in [0.1, 0.15) is 5.75 Å². The fraction of sp³-hybridized carbons (Fsp3) is 0.462. The van der Waals surface area contributed by atoms with Crippen molar-refractivity contribution >= 4 is 11.8 Å². The van der Waals surface area contributed by atoms with Gasteiger partial charge in [0.2, 0.25) is 5.91 Å². The van der Waals surface area contributed by atoms with Crippen molar-refractivity contribution in [2.24, 2.45) is 0 Å². The standard InChI is InChI=1S/C13H17N3O4/c1-8(17)16-6-4-9(11(19)7-16)15-13(20)12-10(18)3-2-5-14-12/h2-3,5,9,11,18-19H,4,6-7H2,1H3,(H,15,20)/t9-,11-/m1/s1. The van der Waals surface area contributed by atoms with Crippen molar-refractivity contribution in [2.75, 3.05) is 13.1 Å². The topological polar surface area (TPSA) is 103 Å². The lowest BCUT2D eigenvalue weighted by atomic mass is 10.0. The second kappa shape index (κ2) is 5.87. The van der Waals surface area contributed by atoms with Gasteiger partial charge < -0.3 is 20.4 Å². The minimum Gasteiger partial charge on any atom is -0.505 e. The lowest BCUT2D eigenvalue weighted by molar-refractivity contribution is -0.132. The van der Waals surface area contributed by atoms with Gasteiger partial charge in [-0.1, -0.05) is 0 Å². The van der Waals surface area contributed by atoms with Gasteiger partial charge in [0.15, 0.2) is 5.69 Å². The molecule has 3 N–H and O–H groups in total. The SMILES string of the molecule is CC(=O)N1CC[C@@H](NC(=O)c2ncccc2O)[C@H](O)C1. The summed E-state index contributed by atoms with van der Waals surface area (Å²) in [5, 5.41) is 22.2. The van der Waals surface area contributed by atoms with Crippen LogP contribution in [0.25, 0.3) is 0 Å². The van der Waals surface area contributed by atoms with Crippen molar-refractivity contribution in [3.8, 4) is 5.75 Å². The van der Waals surface area contributed by atoms with E-state index in [2.05, 4.69) is 10.3 Å². The molecule has 0 saturated carbocycles. The highest BCUT2D eigenvalue weighted by molar-refractivity contribution is 5.95. The molecule has 0 aliphatic carbocycles. The smallest absolute Gasteiger partial charge is 0.274 e. The molecule has 1 saturated heterocycles. The molecule has 0 spiro atoms. The van der Waals surface area contributed by atoms with Gasteiger partial charge in [-0.3, -0.25) is 9.59 Å². The number of piperidine rings is 1. The third kappa shape index (κ3) is 3.05. The molecule has 1 aliphatic rings. The molecule has 0 unspecified atom stereocenters. The average Bonchev–Trinajstić information content (AvgIpc) is 2.41. The molecule has 2 heterocycles. The molecule has 0 aromatic carbocycles. The number of nitrogens with one attached hydrogen (secondary N) is 1. The van der Waals surface area contributed by atoms with Crippen molar-refractivity contribution in [1.82, 2.24) is 15.2 Å². The first kappa shape index (κ1) is 14.3. The van der Waals surface area contributed by atoms with Gasteiger partial charge >= 0.3 is 0 Å². The first-order chi connectivity index (χ1) is 9.49. The van der Waals surface area contributed by atoms with Crippen molar-refractivity contribution in [1.29, 1.82) is 0 Å². The van der Waals surface area contributed by atoms with Crippen LogP contribution in [0.2, 0.25) is 0 Å². The summed E-state index contributed by atoms with van der Waals surface area (Å²) >= 11 is 0. The Balaban J connectivity index is 1.99. The third-order valence-electron chi connectivity index (χ3n) is 3.35. The molecule has 0 radical (unpaired) electrons. The number of nitrogens with zero attached hydrogens (tertiary/aromatic N) is 2. The molecular formula is C13H17N3O4. The Bertz CT molecular complexity index is 520. The van der Waals surface area contributed by atoms with Gasteiger partial charge in [0.05, 0.1) is 12.1 Å². The highest BCUT2D eigenvalue weighted by Gasteiger charge is 2.30. The molecule has 0 bridgehead atoms. The van der Waals surface area contributed by atoms with Crippen molar-refractivity contribution in [3.63, 3.8) is 0 Å². The molecule has 2 atom stereocenters. The maximum Gasteiger partial charge on any atom is 0.274 e. The number of aromatic hydroxyl groups is 1. The molecule has 1 fully saturated rings. The van der Waals surface area contributed by atoms with Crippen LogP contribution < -0.4 is 5.32 Å². The van der Waals surface area contributed by atoms with E-state index in [1.807, 2.05) is 0 Å². The molecule has 108 valence electrons. The van der Waals surface area contributed by atoms with Crippen molar-refractivity contribution in [3.05, 3.63) is 24.0 Å². The van der Waals surface area contributed by atoms with E-state index in [0.717, 1.165) is 0 Å². The maximum absolute atomic E-state index is 12.0. The van der Waals surface area contributed by atoms with Gasteiger partial charge in [-0.25, -0.2) is 4.98 Å². The highest BCUT2D eigenvalue weighted by Crippen LogP contribution is 2.15. The fourth-order valence-corrected chi connectivity index (χ4v) is 2.19. The molecule has 1 aromatic rings. The van der Waals surface area contributed by atoms with E-state index in [9.17, 15) is 19.8 Å². The maximum atomic E-state index is 12.0. The van der Waals surface area contributed by atoms with Crippen LogP contribution in [0.4, 0.5) is 0 Å². The van der Waals surface area contributed by atoms with Gasteiger partial charge in [0, 0.05) is 26.2 Å². The summed E-state index contributed by atoms with van der Waals surface area (Å²) in [5.41, 5.74) is -0.0753. The molecule has 1 aromatic heterocycles. The molecule has 7 nitrogen and oxygen atoms in total. The fourth-order valence-electron chi connectivity index (χ4n) is 2.19. The minimum absolute atomic E-state index is 0.0753. The Hall–Kier alpha value is -2.15. The highest BCUT2D eigenvalue weighted by atomic mass is 16.3. The van der Waals surface area contributed by atoms with Crippen LogP contribution in [-0.2, 0) is 4.79 Å². The molecular weight excluding hydrogens is 262 g/mol. The lowest BCUT2D eigenvalue weighted by Crippen LogP contribution is -2.55. The molecule has 7 heteroatoms. The van der Waals surface area contributed by atoms with Crippen LogP contribution in [0.1, 0.15) is 23.8 Å². The summed E-state index contributed by atoms with van der Waals surface area (Å²) in [5.74, 6) is -0.847. The number of hydrogen-bond acceptors (Lipinski definition) is 5. The molecule has 2 rings (SSSR count). The van der Waals surface area contributed by atoms with E-state index in [0.29, 0.717) is 13.0 Å². The Morgan fingerprint density at radius 1 is 1.50 bits per heavy atom. The predicted molar refractivity (Wildman–Crippen MR) is 70.0 cm³/mol. The van der Waals surface area contributed by atoms with E-state index < -0.39 is 18.1 Å². The van der Waals surface area contributed by atoms with E-state index in [1.54, 1.807) is 0 Å². The monoisotopic (exact) mass is 279 g/mol. The first-order valence-corrected chi connectivity index (χ1v) is 6.37. The van der Waals surface area contributed by atoms with Crippen molar-refractivity contribution < 1.29 is 19.8 Å². The van der Waals surface area contributed by atoms with Crippen LogP contribution >= 0.6 is 0 Å². The molecule has 2 amide bonds. The number of rotatable bonds is 2. The lowest BCUT2D eigenvalue weighted by Gasteiger charge is -2.35. The largest absolute Gasteiger partial charge is 0.505 e. The number of likely N-dealkylation sites (tertiary alicyclic amines) is 1. The summed E-state index contributed by atoms with van der Waals surface area (Å²) in [6, 6.07) is 2.43. The number of aliphatic hydroxyl groups excluding tert-OH is 1. The summed E-state index contributed by atoms with van der Waals surface area (Å²) in [7, 11) is 0. The van der Waals surface area contributed by atoms with Crippen molar-refractivity contribution in [2.45, 2.75) is 25.5 Å². The third-order valence-corrected chi connectivity index (χ3v) is 3.35. The Morgan fingerprint density at radius 3 is 2.85 bits per heavy atom. The Kier molecular flexibility index (Phi) is 4.19. The van der Waals surface area contributed by atoms with E-state index in [1.165, 1.54) is 30.2 Å². The Morgan fingerprint density at radius 2 is 2.25 bits per heavy atom. The van der Waals surface area contributed by atoms with Crippen LogP contribution in [0.3, 0.4) is 0 Å². The zero-order valence-corrected chi connectivity index (χ0v) is 11.1. The van der Waals surface area contributed by atoms with E-state index in [4.69, 9.17) is 0 Å². The number of aromatic nitrogens is 1. The van der Waals surface area contributed by atoms with Gasteiger partial charge in [-0.05, 0) is 18.6 Å². The average molecular weight is 279 g/mol. The number of pyridine rings is 1. The number of aliphatic hydroxyl groups is 1. The summed E-state index contributed by atoms with van der Waals surface area (Å²) in [6.07, 6.45) is 1.03. The van der Waals surface area contributed by atoms with Gasteiger partial charge in [-0.15, -0.1) is 0 Å². The quantitative estimate of drug-likeness (QED) is 0.677. The summed E-state index contributed by atoms with van der Waals surface area (Å²) in [6.45, 7) is 2.11. The summed E-state index contributed by atoms with van der Waals surface area (Å²) in [4.78, 5) is 28.5. The zero-order valence-electron chi connectivity index (χ0n) is 11.1. The van der Waals surface area contributed by atoms with Gasteiger partial charge in [0.25, 0.3) is 5.91 Å². The molecule has 20 heavy (non-hydrogen) atoms. The minimum atomic E-state index is -0.831. The predicted octanol–water partition coefficient (Wildman–Crippen LogP) is -0.501.